The predicted octanol–water partition coefficient (Wildman–Crippen LogP) is 6.03. The van der Waals surface area contributed by atoms with Gasteiger partial charge in [0.2, 0.25) is 0 Å². The lowest BCUT2D eigenvalue weighted by molar-refractivity contribution is -0.137. The van der Waals surface area contributed by atoms with E-state index in [0.29, 0.717) is 45.5 Å². The van der Waals surface area contributed by atoms with Gasteiger partial charge in [-0.3, -0.25) is 9.20 Å². The molecule has 1 aliphatic rings. The maximum Gasteiger partial charge on any atom is 0.417 e. The SMILES string of the molecule is Cc1nc2ccc(C(F)(F)F)cn2c1-c1ccnc(C2(c3ccc(C(=O)Nc4ccccc4N)cc3)CC2)n1. The highest BCUT2D eigenvalue weighted by molar-refractivity contribution is 6.05. The number of aryl methyl sites for hydroxylation is 1. The number of amides is 1. The first kappa shape index (κ1) is 24.6. The second kappa shape index (κ2) is 8.93. The van der Waals surface area contributed by atoms with E-state index < -0.39 is 17.2 Å². The Bertz CT molecular complexity index is 1720. The average molecular weight is 529 g/mol. The van der Waals surface area contributed by atoms with Crippen LogP contribution in [0.1, 0.15) is 45.8 Å². The fourth-order valence-electron chi connectivity index (χ4n) is 4.87. The molecule has 3 N–H and O–H groups in total. The Morgan fingerprint density at radius 3 is 2.44 bits per heavy atom. The number of nitrogens with one attached hydrogen (secondary N) is 1. The van der Waals surface area contributed by atoms with E-state index in [1.807, 2.05) is 12.1 Å². The number of rotatable bonds is 5. The fourth-order valence-corrected chi connectivity index (χ4v) is 4.87. The summed E-state index contributed by atoms with van der Waals surface area (Å²) in [6.45, 7) is 1.75. The number of carbonyl (C=O) groups excluding carboxylic acids is 1. The van der Waals surface area contributed by atoms with Crippen molar-refractivity contribution in [2.45, 2.75) is 31.4 Å². The van der Waals surface area contributed by atoms with Gasteiger partial charge >= 0.3 is 6.18 Å². The molecule has 1 aliphatic carbocycles. The Balaban J connectivity index is 1.31. The molecule has 0 spiro atoms. The molecule has 7 nitrogen and oxygen atoms in total. The summed E-state index contributed by atoms with van der Waals surface area (Å²) in [5.74, 6) is 0.305. The van der Waals surface area contributed by atoms with Gasteiger partial charge in [0.05, 0.1) is 39.4 Å². The number of pyridine rings is 1. The molecule has 0 unspecified atom stereocenters. The number of hydrogen-bond donors (Lipinski definition) is 2. The Kier molecular flexibility index (Phi) is 5.64. The molecule has 1 amide bonds. The number of aromatic nitrogens is 4. The Morgan fingerprint density at radius 1 is 1.00 bits per heavy atom. The van der Waals surface area contributed by atoms with Crippen LogP contribution >= 0.6 is 0 Å². The molecule has 0 radical (unpaired) electrons. The van der Waals surface area contributed by atoms with E-state index >= 15 is 0 Å². The number of nitrogens with zero attached hydrogens (tertiary/aromatic N) is 4. The van der Waals surface area contributed by atoms with Crippen molar-refractivity contribution in [2.75, 3.05) is 11.1 Å². The third-order valence-corrected chi connectivity index (χ3v) is 7.11. The summed E-state index contributed by atoms with van der Waals surface area (Å²) in [4.78, 5) is 26.5. The topological polar surface area (TPSA) is 98.2 Å². The van der Waals surface area contributed by atoms with Crippen LogP contribution in [0.25, 0.3) is 17.0 Å². The molecular formula is C29H23F3N6O. The number of alkyl halides is 3. The van der Waals surface area contributed by atoms with E-state index in [4.69, 9.17) is 10.7 Å². The van der Waals surface area contributed by atoms with Crippen molar-refractivity contribution in [1.82, 2.24) is 19.4 Å². The number of nitrogen functional groups attached to an aromatic ring is 1. The Labute approximate surface area is 221 Å². The zero-order chi connectivity index (χ0) is 27.4. The van der Waals surface area contributed by atoms with Gasteiger partial charge in [-0.1, -0.05) is 24.3 Å². The van der Waals surface area contributed by atoms with Crippen LogP contribution in [0, 0.1) is 6.92 Å². The third kappa shape index (κ3) is 4.37. The Morgan fingerprint density at radius 2 is 1.74 bits per heavy atom. The van der Waals surface area contributed by atoms with Crippen LogP contribution in [0.5, 0.6) is 0 Å². The molecule has 3 heterocycles. The minimum Gasteiger partial charge on any atom is -0.397 e. The number of carbonyl (C=O) groups is 1. The number of nitrogens with two attached hydrogens (primary N) is 1. The van der Waals surface area contributed by atoms with Crippen molar-refractivity contribution >= 4 is 22.9 Å². The van der Waals surface area contributed by atoms with Crippen molar-refractivity contribution in [3.63, 3.8) is 0 Å². The van der Waals surface area contributed by atoms with Gasteiger partial charge in [-0.2, -0.15) is 13.2 Å². The van der Waals surface area contributed by atoms with E-state index in [0.717, 1.165) is 30.7 Å². The van der Waals surface area contributed by atoms with Crippen LogP contribution in [-0.4, -0.2) is 25.3 Å². The zero-order valence-corrected chi connectivity index (χ0v) is 20.8. The first-order chi connectivity index (χ1) is 18.7. The molecular weight excluding hydrogens is 505 g/mol. The molecule has 0 atom stereocenters. The minimum absolute atomic E-state index is 0.274. The third-order valence-electron chi connectivity index (χ3n) is 7.11. The summed E-state index contributed by atoms with van der Waals surface area (Å²) < 4.78 is 41.6. The summed E-state index contributed by atoms with van der Waals surface area (Å²) in [6.07, 6.45) is -0.183. The van der Waals surface area contributed by atoms with Crippen LogP contribution in [0.2, 0.25) is 0 Å². The zero-order valence-electron chi connectivity index (χ0n) is 20.8. The summed E-state index contributed by atoms with van der Waals surface area (Å²) in [5, 5.41) is 2.82. The number of halogens is 3. The van der Waals surface area contributed by atoms with Gasteiger partial charge in [-0.15, -0.1) is 0 Å². The second-order valence-electron chi connectivity index (χ2n) is 9.66. The lowest BCUT2D eigenvalue weighted by atomic mass is 9.93. The lowest BCUT2D eigenvalue weighted by Crippen LogP contribution is -2.16. The molecule has 196 valence electrons. The number of para-hydroxylation sites is 2. The molecule has 0 bridgehead atoms. The van der Waals surface area contributed by atoms with Crippen LogP contribution in [-0.2, 0) is 11.6 Å². The molecule has 5 aromatic rings. The first-order valence-corrected chi connectivity index (χ1v) is 12.3. The predicted molar refractivity (Wildman–Crippen MR) is 141 cm³/mol. The van der Waals surface area contributed by atoms with Crippen molar-refractivity contribution < 1.29 is 18.0 Å². The van der Waals surface area contributed by atoms with Crippen molar-refractivity contribution in [2.24, 2.45) is 0 Å². The highest BCUT2D eigenvalue weighted by Crippen LogP contribution is 2.52. The number of hydrogen-bond acceptors (Lipinski definition) is 5. The molecule has 0 aliphatic heterocycles. The van der Waals surface area contributed by atoms with Crippen LogP contribution in [0.4, 0.5) is 24.5 Å². The van der Waals surface area contributed by atoms with Gasteiger partial charge in [0, 0.05) is 18.0 Å². The normalized spacial score (nSPS) is 14.4. The maximum absolute atomic E-state index is 13.4. The Hall–Kier alpha value is -4.73. The maximum atomic E-state index is 13.4. The lowest BCUT2D eigenvalue weighted by Gasteiger charge is -2.16. The van der Waals surface area contributed by atoms with E-state index in [2.05, 4.69) is 15.3 Å². The molecule has 10 heteroatoms. The molecule has 0 saturated heterocycles. The summed E-state index contributed by atoms with van der Waals surface area (Å²) in [5.41, 5.74) is 9.16. The number of anilines is 2. The minimum atomic E-state index is -4.48. The van der Waals surface area contributed by atoms with E-state index in [-0.39, 0.29) is 5.91 Å². The number of imidazole rings is 1. The fraction of sp³-hybridized carbons (Fsp3) is 0.172. The van der Waals surface area contributed by atoms with Crippen LogP contribution in [0.15, 0.2) is 79.1 Å². The average Bonchev–Trinajstić information content (AvgIpc) is 3.66. The van der Waals surface area contributed by atoms with Crippen LogP contribution in [0.3, 0.4) is 0 Å². The van der Waals surface area contributed by atoms with Gasteiger partial charge < -0.3 is 11.1 Å². The molecule has 1 saturated carbocycles. The largest absolute Gasteiger partial charge is 0.417 e. The molecule has 1 fully saturated rings. The first-order valence-electron chi connectivity index (χ1n) is 12.3. The van der Waals surface area contributed by atoms with Crippen molar-refractivity contribution in [3.8, 4) is 11.4 Å². The van der Waals surface area contributed by atoms with Crippen molar-refractivity contribution in [3.05, 3.63) is 107 Å². The monoisotopic (exact) mass is 528 g/mol. The standard InChI is InChI=1S/C29H23F3N6O/c1-17-25(38-16-20(29(30,31)32)10-11-24(38)35-17)23-12-15-34-27(37-23)28(13-14-28)19-8-6-18(7-9-19)26(39)36-22-5-3-2-4-21(22)33/h2-12,15-16H,13-14,33H2,1H3,(H,36,39). The second-order valence-corrected chi connectivity index (χ2v) is 9.66. The summed E-state index contributed by atoms with van der Waals surface area (Å²) >= 11 is 0. The number of fused-ring (bicyclic) bond motifs is 1. The van der Waals surface area contributed by atoms with Gasteiger partial charge in [-0.05, 0) is 67.8 Å². The van der Waals surface area contributed by atoms with Gasteiger partial charge in [0.25, 0.3) is 5.91 Å². The molecule has 3 aromatic heterocycles. The molecule has 39 heavy (non-hydrogen) atoms. The summed E-state index contributed by atoms with van der Waals surface area (Å²) in [7, 11) is 0. The van der Waals surface area contributed by atoms with Crippen molar-refractivity contribution in [1.29, 1.82) is 0 Å². The highest BCUT2D eigenvalue weighted by Gasteiger charge is 2.48. The smallest absolute Gasteiger partial charge is 0.397 e. The highest BCUT2D eigenvalue weighted by atomic mass is 19.4. The number of benzene rings is 2. The van der Waals surface area contributed by atoms with E-state index in [1.165, 1.54) is 10.5 Å². The van der Waals surface area contributed by atoms with Gasteiger partial charge in [0.1, 0.15) is 11.5 Å². The molecule has 2 aromatic carbocycles. The summed E-state index contributed by atoms with van der Waals surface area (Å²) in [6, 6.07) is 18.4. The molecule has 6 rings (SSSR count). The van der Waals surface area contributed by atoms with Gasteiger partial charge in [0.15, 0.2) is 0 Å². The quantitative estimate of drug-likeness (QED) is 0.271. The van der Waals surface area contributed by atoms with Crippen LogP contribution < -0.4 is 11.1 Å². The van der Waals surface area contributed by atoms with E-state index in [1.54, 1.807) is 55.6 Å². The van der Waals surface area contributed by atoms with Gasteiger partial charge in [-0.25, -0.2) is 15.0 Å². The van der Waals surface area contributed by atoms with E-state index in [9.17, 15) is 18.0 Å².